The number of carbonyl (C=O) groups excluding carboxylic acids is 1. The van der Waals surface area contributed by atoms with Crippen LogP contribution in [0, 0.1) is 0 Å². The maximum Gasteiger partial charge on any atom is 0.220 e. The second-order valence-corrected chi connectivity index (χ2v) is 3.52. The van der Waals surface area contributed by atoms with Gasteiger partial charge >= 0.3 is 0 Å². The maximum atomic E-state index is 11.1. The summed E-state index contributed by atoms with van der Waals surface area (Å²) in [5.74, 6) is -0.0125. The highest BCUT2D eigenvalue weighted by molar-refractivity contribution is 5.75. The lowest BCUT2D eigenvalue weighted by Gasteiger charge is -2.07. The molecule has 0 aromatic heterocycles. The van der Waals surface area contributed by atoms with E-state index in [9.17, 15) is 4.79 Å². The Hall–Kier alpha value is -0.610. The van der Waals surface area contributed by atoms with Crippen molar-refractivity contribution in [2.75, 3.05) is 6.54 Å². The highest BCUT2D eigenvalue weighted by Gasteiger charge is 2.03. The molecule has 0 aliphatic rings. The van der Waals surface area contributed by atoms with Crippen molar-refractivity contribution in [2.45, 2.75) is 45.3 Å². The van der Waals surface area contributed by atoms with E-state index in [1.54, 1.807) is 6.92 Å². The Labute approximate surface area is 79.5 Å². The van der Waals surface area contributed by atoms with Crippen molar-refractivity contribution in [3.8, 4) is 0 Å². The molecule has 1 unspecified atom stereocenters. The second-order valence-electron chi connectivity index (χ2n) is 3.52. The predicted molar refractivity (Wildman–Crippen MR) is 52.2 cm³/mol. The number of rotatable bonds is 6. The molecule has 4 N–H and O–H groups in total. The van der Waals surface area contributed by atoms with E-state index in [0.29, 0.717) is 13.0 Å². The zero-order valence-electron chi connectivity index (χ0n) is 8.42. The molecule has 0 heterocycles. The molecule has 0 aliphatic heterocycles. The van der Waals surface area contributed by atoms with E-state index in [1.807, 2.05) is 6.92 Å². The predicted octanol–water partition coefficient (Wildman–Crippen LogP) is 0.000900. The molecule has 0 saturated heterocycles. The van der Waals surface area contributed by atoms with Crippen LogP contribution in [0.1, 0.15) is 33.1 Å². The molecule has 0 aromatic rings. The van der Waals surface area contributed by atoms with Crippen LogP contribution in [0.5, 0.6) is 0 Å². The van der Waals surface area contributed by atoms with Gasteiger partial charge in [-0.3, -0.25) is 4.79 Å². The molecule has 1 amide bonds. The molecule has 0 spiro atoms. The average Bonchev–Trinajstić information content (AvgIpc) is 2.00. The Morgan fingerprint density at radius 2 is 2.15 bits per heavy atom. The van der Waals surface area contributed by atoms with Crippen molar-refractivity contribution in [1.29, 1.82) is 0 Å². The SMILES string of the molecule is CC(N)CCCC(=O)NC[C@H](C)O. The third-order valence-corrected chi connectivity index (χ3v) is 1.66. The van der Waals surface area contributed by atoms with Crippen LogP contribution >= 0.6 is 0 Å². The van der Waals surface area contributed by atoms with Crippen molar-refractivity contribution < 1.29 is 9.90 Å². The van der Waals surface area contributed by atoms with E-state index in [4.69, 9.17) is 10.8 Å². The third-order valence-electron chi connectivity index (χ3n) is 1.66. The number of aliphatic hydroxyl groups excluding tert-OH is 1. The summed E-state index contributed by atoms with van der Waals surface area (Å²) < 4.78 is 0. The Morgan fingerprint density at radius 1 is 1.54 bits per heavy atom. The Balaban J connectivity index is 3.30. The van der Waals surface area contributed by atoms with Crippen LogP contribution in [0.25, 0.3) is 0 Å². The normalized spacial score (nSPS) is 15.1. The minimum Gasteiger partial charge on any atom is -0.392 e. The smallest absolute Gasteiger partial charge is 0.220 e. The van der Waals surface area contributed by atoms with Crippen LogP contribution in [0.2, 0.25) is 0 Å². The van der Waals surface area contributed by atoms with Crippen molar-refractivity contribution in [2.24, 2.45) is 5.73 Å². The van der Waals surface area contributed by atoms with E-state index >= 15 is 0 Å². The summed E-state index contributed by atoms with van der Waals surface area (Å²) in [6, 6.07) is 0.157. The van der Waals surface area contributed by atoms with Crippen molar-refractivity contribution in [1.82, 2.24) is 5.32 Å². The zero-order valence-corrected chi connectivity index (χ0v) is 8.42. The van der Waals surface area contributed by atoms with Gasteiger partial charge in [-0.25, -0.2) is 0 Å². The minimum atomic E-state index is -0.475. The van der Waals surface area contributed by atoms with Crippen LogP contribution in [-0.2, 0) is 4.79 Å². The lowest BCUT2D eigenvalue weighted by molar-refractivity contribution is -0.121. The number of amides is 1. The first-order valence-electron chi connectivity index (χ1n) is 4.72. The molecule has 0 saturated carbocycles. The molecular formula is C9H20N2O2. The van der Waals surface area contributed by atoms with Gasteiger partial charge in [0.05, 0.1) is 6.10 Å². The second kappa shape index (κ2) is 6.86. The van der Waals surface area contributed by atoms with Crippen LogP contribution in [0.4, 0.5) is 0 Å². The Morgan fingerprint density at radius 3 is 2.62 bits per heavy atom. The monoisotopic (exact) mass is 188 g/mol. The Bertz CT molecular complexity index is 147. The molecule has 0 fully saturated rings. The van der Waals surface area contributed by atoms with Gasteiger partial charge in [0, 0.05) is 19.0 Å². The average molecular weight is 188 g/mol. The van der Waals surface area contributed by atoms with Gasteiger partial charge in [0.1, 0.15) is 0 Å². The van der Waals surface area contributed by atoms with Crippen LogP contribution < -0.4 is 11.1 Å². The van der Waals surface area contributed by atoms with Gasteiger partial charge in [-0.15, -0.1) is 0 Å². The van der Waals surface area contributed by atoms with E-state index in [0.717, 1.165) is 12.8 Å². The van der Waals surface area contributed by atoms with Crippen LogP contribution in [0.15, 0.2) is 0 Å². The quantitative estimate of drug-likeness (QED) is 0.549. The van der Waals surface area contributed by atoms with Gasteiger partial charge in [-0.1, -0.05) is 0 Å². The number of nitrogens with two attached hydrogens (primary N) is 1. The molecule has 13 heavy (non-hydrogen) atoms. The lowest BCUT2D eigenvalue weighted by Crippen LogP contribution is -2.30. The first kappa shape index (κ1) is 12.4. The molecule has 78 valence electrons. The first-order valence-corrected chi connectivity index (χ1v) is 4.72. The fourth-order valence-electron chi connectivity index (χ4n) is 0.935. The third kappa shape index (κ3) is 9.30. The summed E-state index contributed by atoms with van der Waals surface area (Å²) in [7, 11) is 0. The van der Waals surface area contributed by atoms with E-state index in [2.05, 4.69) is 5.32 Å². The molecule has 0 aliphatic carbocycles. The molecule has 4 nitrogen and oxygen atoms in total. The standard InChI is InChI=1S/C9H20N2O2/c1-7(10)4-3-5-9(13)11-6-8(2)12/h7-8,12H,3-6,10H2,1-2H3,(H,11,13)/t7?,8-/m0/s1. The van der Waals surface area contributed by atoms with E-state index < -0.39 is 6.10 Å². The van der Waals surface area contributed by atoms with Gasteiger partial charge in [-0.05, 0) is 26.7 Å². The van der Waals surface area contributed by atoms with E-state index in [1.165, 1.54) is 0 Å². The molecule has 0 rings (SSSR count). The fraction of sp³-hybridized carbons (Fsp3) is 0.889. The fourth-order valence-corrected chi connectivity index (χ4v) is 0.935. The summed E-state index contributed by atoms with van der Waals surface area (Å²) in [6.45, 7) is 3.90. The molecule has 4 heteroatoms. The van der Waals surface area contributed by atoms with Gasteiger partial charge in [-0.2, -0.15) is 0 Å². The molecule has 0 aromatic carbocycles. The molecule has 0 bridgehead atoms. The van der Waals surface area contributed by atoms with Crippen LogP contribution in [-0.4, -0.2) is 29.7 Å². The first-order chi connectivity index (χ1) is 6.02. The molecule has 0 radical (unpaired) electrons. The number of hydrogen-bond acceptors (Lipinski definition) is 3. The Kier molecular flexibility index (Phi) is 6.54. The number of nitrogens with one attached hydrogen (secondary N) is 1. The largest absolute Gasteiger partial charge is 0.392 e. The highest BCUT2D eigenvalue weighted by atomic mass is 16.3. The summed E-state index contributed by atoms with van der Waals surface area (Å²) in [6.07, 6.45) is 1.69. The minimum absolute atomic E-state index is 0.0125. The van der Waals surface area contributed by atoms with Gasteiger partial charge in [0.2, 0.25) is 5.91 Å². The molecule has 2 atom stereocenters. The van der Waals surface area contributed by atoms with Crippen molar-refractivity contribution >= 4 is 5.91 Å². The maximum absolute atomic E-state index is 11.1. The summed E-state index contributed by atoms with van der Waals surface area (Å²) in [5, 5.41) is 11.5. The highest BCUT2D eigenvalue weighted by Crippen LogP contribution is 1.97. The summed E-state index contributed by atoms with van der Waals surface area (Å²) in [4.78, 5) is 11.1. The topological polar surface area (TPSA) is 75.4 Å². The van der Waals surface area contributed by atoms with Gasteiger partial charge < -0.3 is 16.2 Å². The molecular weight excluding hydrogens is 168 g/mol. The number of carbonyl (C=O) groups is 1. The van der Waals surface area contributed by atoms with Gasteiger partial charge in [0.25, 0.3) is 0 Å². The summed E-state index contributed by atoms with van der Waals surface area (Å²) >= 11 is 0. The number of hydrogen-bond donors (Lipinski definition) is 3. The van der Waals surface area contributed by atoms with E-state index in [-0.39, 0.29) is 11.9 Å². The summed E-state index contributed by atoms with van der Waals surface area (Å²) in [5.41, 5.74) is 5.53. The van der Waals surface area contributed by atoms with Crippen molar-refractivity contribution in [3.05, 3.63) is 0 Å². The van der Waals surface area contributed by atoms with Crippen LogP contribution in [0.3, 0.4) is 0 Å². The number of aliphatic hydroxyl groups is 1. The van der Waals surface area contributed by atoms with Crippen molar-refractivity contribution in [3.63, 3.8) is 0 Å². The zero-order chi connectivity index (χ0) is 10.3. The lowest BCUT2D eigenvalue weighted by atomic mass is 10.1. The van der Waals surface area contributed by atoms with Gasteiger partial charge in [0.15, 0.2) is 0 Å².